The van der Waals surface area contributed by atoms with Gasteiger partial charge in [0, 0.05) is 26.7 Å². The molecule has 1 amide bonds. The molecule has 4 aromatic carbocycles. The van der Waals surface area contributed by atoms with E-state index >= 15 is 0 Å². The molecule has 0 aliphatic heterocycles. The number of amides is 1. The van der Waals surface area contributed by atoms with E-state index in [-0.39, 0.29) is 11.0 Å². The third kappa shape index (κ3) is 4.12. The van der Waals surface area contributed by atoms with Gasteiger partial charge in [-0.3, -0.25) is 10.1 Å². The number of thiocarbonyl (C=S) groups is 1. The van der Waals surface area contributed by atoms with Crippen LogP contribution in [0.15, 0.2) is 93.8 Å². The standard InChI is InChI=1S/C25H16BrN3O2S/c26-18-8-3-6-16(13-18)23(30)29-25(32)27-19-9-4-7-17(14-19)24-28-22-20-10-2-1-5-15(20)11-12-21(22)31-24/h1-14H,(H2,27,29,30,32). The van der Waals surface area contributed by atoms with E-state index in [4.69, 9.17) is 21.6 Å². The van der Waals surface area contributed by atoms with Crippen molar-refractivity contribution < 1.29 is 9.21 Å². The van der Waals surface area contributed by atoms with Gasteiger partial charge in [0.05, 0.1) is 0 Å². The molecule has 0 bridgehead atoms. The molecule has 0 unspecified atom stereocenters. The summed E-state index contributed by atoms with van der Waals surface area (Å²) in [4.78, 5) is 17.1. The second kappa shape index (κ2) is 8.53. The van der Waals surface area contributed by atoms with E-state index in [0.29, 0.717) is 17.1 Å². The lowest BCUT2D eigenvalue weighted by Gasteiger charge is -2.10. The van der Waals surface area contributed by atoms with Crippen LogP contribution in [0.2, 0.25) is 0 Å². The number of oxazole rings is 1. The zero-order valence-corrected chi connectivity index (χ0v) is 19.0. The summed E-state index contributed by atoms with van der Waals surface area (Å²) in [5, 5.41) is 8.11. The van der Waals surface area contributed by atoms with Gasteiger partial charge in [-0.05, 0) is 60.1 Å². The van der Waals surface area contributed by atoms with Crippen molar-refractivity contribution in [1.82, 2.24) is 10.3 Å². The fourth-order valence-electron chi connectivity index (χ4n) is 3.48. The van der Waals surface area contributed by atoms with Gasteiger partial charge in [-0.2, -0.15) is 0 Å². The number of aromatic nitrogens is 1. The molecule has 0 saturated heterocycles. The van der Waals surface area contributed by atoms with Gasteiger partial charge in [0.25, 0.3) is 5.91 Å². The summed E-state index contributed by atoms with van der Waals surface area (Å²) >= 11 is 8.68. The molecule has 0 spiro atoms. The first-order valence-corrected chi connectivity index (χ1v) is 11.0. The van der Waals surface area contributed by atoms with E-state index in [9.17, 15) is 4.79 Å². The lowest BCUT2D eigenvalue weighted by molar-refractivity contribution is 0.0977. The SMILES string of the molecule is O=C(NC(=S)Nc1cccc(-c2nc3c(ccc4ccccc43)o2)c1)c1cccc(Br)c1. The first kappa shape index (κ1) is 20.4. The van der Waals surface area contributed by atoms with Crippen molar-refractivity contribution in [3.63, 3.8) is 0 Å². The third-order valence-corrected chi connectivity index (χ3v) is 5.66. The zero-order chi connectivity index (χ0) is 22.1. The molecule has 7 heteroatoms. The van der Waals surface area contributed by atoms with Crippen LogP contribution in [0.25, 0.3) is 33.3 Å². The number of carbonyl (C=O) groups is 1. The van der Waals surface area contributed by atoms with Crippen molar-refractivity contribution in [2.75, 3.05) is 5.32 Å². The number of hydrogen-bond donors (Lipinski definition) is 2. The van der Waals surface area contributed by atoms with Gasteiger partial charge < -0.3 is 9.73 Å². The zero-order valence-electron chi connectivity index (χ0n) is 16.6. The van der Waals surface area contributed by atoms with Gasteiger partial charge in [-0.1, -0.05) is 58.4 Å². The van der Waals surface area contributed by atoms with Crippen LogP contribution in [0.4, 0.5) is 5.69 Å². The second-order valence-corrected chi connectivity index (χ2v) is 8.48. The fourth-order valence-corrected chi connectivity index (χ4v) is 4.09. The van der Waals surface area contributed by atoms with Gasteiger partial charge >= 0.3 is 0 Å². The summed E-state index contributed by atoms with van der Waals surface area (Å²) in [6.07, 6.45) is 0. The Labute approximate surface area is 197 Å². The number of carbonyl (C=O) groups excluding carboxylic acids is 1. The van der Waals surface area contributed by atoms with Crippen LogP contribution in [0.1, 0.15) is 10.4 Å². The van der Waals surface area contributed by atoms with Crippen molar-refractivity contribution in [1.29, 1.82) is 0 Å². The molecule has 0 aliphatic rings. The molecule has 0 aliphatic carbocycles. The quantitative estimate of drug-likeness (QED) is 0.275. The van der Waals surface area contributed by atoms with Crippen LogP contribution < -0.4 is 10.6 Å². The molecule has 5 nitrogen and oxygen atoms in total. The van der Waals surface area contributed by atoms with E-state index in [1.165, 1.54) is 0 Å². The molecule has 0 radical (unpaired) electrons. The number of nitrogens with zero attached hydrogens (tertiary/aromatic N) is 1. The normalized spacial score (nSPS) is 10.9. The van der Waals surface area contributed by atoms with Crippen molar-refractivity contribution in [2.24, 2.45) is 0 Å². The maximum absolute atomic E-state index is 12.4. The van der Waals surface area contributed by atoms with Crippen molar-refractivity contribution in [3.05, 3.63) is 95.0 Å². The molecule has 2 N–H and O–H groups in total. The smallest absolute Gasteiger partial charge is 0.257 e. The van der Waals surface area contributed by atoms with E-state index in [1.54, 1.807) is 18.2 Å². The number of nitrogens with one attached hydrogen (secondary N) is 2. The summed E-state index contributed by atoms with van der Waals surface area (Å²) in [6, 6.07) is 26.7. The summed E-state index contributed by atoms with van der Waals surface area (Å²) in [7, 11) is 0. The molecule has 0 atom stereocenters. The lowest BCUT2D eigenvalue weighted by Crippen LogP contribution is -2.34. The Hall–Kier alpha value is -3.55. The Morgan fingerprint density at radius 2 is 1.78 bits per heavy atom. The molecule has 32 heavy (non-hydrogen) atoms. The molecule has 156 valence electrons. The minimum atomic E-state index is -0.286. The summed E-state index contributed by atoms with van der Waals surface area (Å²) in [5.74, 6) is 0.231. The predicted octanol–water partition coefficient (Wildman–Crippen LogP) is 6.54. The van der Waals surface area contributed by atoms with Crippen LogP contribution in [-0.2, 0) is 0 Å². The lowest BCUT2D eigenvalue weighted by atomic mass is 10.1. The Morgan fingerprint density at radius 1 is 0.938 bits per heavy atom. The molecule has 0 fully saturated rings. The maximum Gasteiger partial charge on any atom is 0.257 e. The van der Waals surface area contributed by atoms with E-state index < -0.39 is 0 Å². The maximum atomic E-state index is 12.4. The van der Waals surface area contributed by atoms with Crippen LogP contribution >= 0.6 is 28.1 Å². The van der Waals surface area contributed by atoms with Crippen LogP contribution in [0.3, 0.4) is 0 Å². The molecule has 5 rings (SSSR count). The van der Waals surface area contributed by atoms with E-state index in [0.717, 1.165) is 31.9 Å². The summed E-state index contributed by atoms with van der Waals surface area (Å²) in [6.45, 7) is 0. The van der Waals surface area contributed by atoms with Crippen molar-refractivity contribution in [2.45, 2.75) is 0 Å². The average Bonchev–Trinajstić information content (AvgIpc) is 3.24. The Balaban J connectivity index is 1.37. The van der Waals surface area contributed by atoms with Crippen LogP contribution in [-0.4, -0.2) is 16.0 Å². The molecule has 0 saturated carbocycles. The second-order valence-electron chi connectivity index (χ2n) is 7.15. The molecule has 5 aromatic rings. The molecular formula is C25H16BrN3O2S. The first-order chi connectivity index (χ1) is 15.6. The summed E-state index contributed by atoms with van der Waals surface area (Å²) < 4.78 is 6.83. The Bertz CT molecular complexity index is 1500. The Morgan fingerprint density at radius 3 is 2.66 bits per heavy atom. The summed E-state index contributed by atoms with van der Waals surface area (Å²) in [5.41, 5.74) is 3.59. The highest BCUT2D eigenvalue weighted by Crippen LogP contribution is 2.30. The number of hydrogen-bond acceptors (Lipinski definition) is 4. The van der Waals surface area contributed by atoms with Gasteiger partial charge in [-0.25, -0.2) is 4.98 Å². The molecule has 1 heterocycles. The minimum Gasteiger partial charge on any atom is -0.436 e. The van der Waals surface area contributed by atoms with Crippen LogP contribution in [0, 0.1) is 0 Å². The van der Waals surface area contributed by atoms with E-state index in [1.807, 2.05) is 60.7 Å². The van der Waals surface area contributed by atoms with Crippen molar-refractivity contribution >= 4 is 66.7 Å². The monoisotopic (exact) mass is 501 g/mol. The number of fused-ring (bicyclic) bond motifs is 3. The van der Waals surface area contributed by atoms with E-state index in [2.05, 4.69) is 32.6 Å². The average molecular weight is 502 g/mol. The predicted molar refractivity (Wildman–Crippen MR) is 135 cm³/mol. The number of halogens is 1. The highest BCUT2D eigenvalue weighted by molar-refractivity contribution is 9.10. The largest absolute Gasteiger partial charge is 0.436 e. The number of rotatable bonds is 3. The van der Waals surface area contributed by atoms with Gasteiger partial charge in [-0.15, -0.1) is 0 Å². The third-order valence-electron chi connectivity index (χ3n) is 4.96. The number of anilines is 1. The van der Waals surface area contributed by atoms with Gasteiger partial charge in [0.2, 0.25) is 5.89 Å². The fraction of sp³-hybridized carbons (Fsp3) is 0. The molecule has 1 aromatic heterocycles. The topological polar surface area (TPSA) is 67.2 Å². The first-order valence-electron chi connectivity index (χ1n) is 9.83. The van der Waals surface area contributed by atoms with Gasteiger partial charge in [0.15, 0.2) is 10.7 Å². The van der Waals surface area contributed by atoms with Crippen molar-refractivity contribution in [3.8, 4) is 11.5 Å². The van der Waals surface area contributed by atoms with Gasteiger partial charge in [0.1, 0.15) is 5.52 Å². The van der Waals surface area contributed by atoms with Crippen LogP contribution in [0.5, 0.6) is 0 Å². The highest BCUT2D eigenvalue weighted by atomic mass is 79.9. The minimum absolute atomic E-state index is 0.204. The highest BCUT2D eigenvalue weighted by Gasteiger charge is 2.12. The Kier molecular flexibility index (Phi) is 5.43. The number of benzene rings is 4. The molecular weight excluding hydrogens is 486 g/mol.